The molecule has 5 nitrogen and oxygen atoms in total. The first-order valence-electron chi connectivity index (χ1n) is 7.85. The second-order valence-electron chi connectivity index (χ2n) is 6.64. The number of hydrogen-bond donors (Lipinski definition) is 2. The largest absolute Gasteiger partial charge is 0.481 e. The molecule has 2 aliphatic carbocycles. The molecule has 2 N–H and O–H groups in total. The maximum atomic E-state index is 12.3. The summed E-state index contributed by atoms with van der Waals surface area (Å²) in [5, 5.41) is 12.8. The lowest BCUT2D eigenvalue weighted by Gasteiger charge is -2.32. The van der Waals surface area contributed by atoms with Gasteiger partial charge in [-0.05, 0) is 50.9 Å². The first kappa shape index (κ1) is 13.9. The van der Waals surface area contributed by atoms with Crippen LogP contribution in [-0.4, -0.2) is 47.1 Å². The number of rotatable bonds is 4. The van der Waals surface area contributed by atoms with Crippen LogP contribution in [-0.2, 0) is 9.59 Å². The highest BCUT2D eigenvalue weighted by atomic mass is 16.4. The van der Waals surface area contributed by atoms with Crippen molar-refractivity contribution in [2.24, 2.45) is 17.8 Å². The van der Waals surface area contributed by atoms with E-state index in [1.807, 2.05) is 11.8 Å². The van der Waals surface area contributed by atoms with Crippen molar-refractivity contribution < 1.29 is 14.7 Å². The van der Waals surface area contributed by atoms with Crippen molar-refractivity contribution in [1.82, 2.24) is 10.2 Å². The lowest BCUT2D eigenvalue weighted by Crippen LogP contribution is -2.53. The lowest BCUT2D eigenvalue weighted by molar-refractivity contribution is -0.145. The van der Waals surface area contributed by atoms with Gasteiger partial charge >= 0.3 is 5.97 Å². The van der Waals surface area contributed by atoms with E-state index >= 15 is 0 Å². The van der Waals surface area contributed by atoms with Crippen molar-refractivity contribution in [2.75, 3.05) is 13.1 Å². The average molecular weight is 280 g/mol. The molecule has 5 atom stereocenters. The Kier molecular flexibility index (Phi) is 3.71. The Morgan fingerprint density at radius 3 is 2.50 bits per heavy atom. The van der Waals surface area contributed by atoms with Crippen molar-refractivity contribution in [2.45, 2.75) is 51.1 Å². The van der Waals surface area contributed by atoms with Gasteiger partial charge in [0.25, 0.3) is 0 Å². The SMILES string of the molecule is CC(NC1C2CCC(C2)C1C(=O)O)C(=O)N1CCCC1. The summed E-state index contributed by atoms with van der Waals surface area (Å²) in [6, 6.07) is -0.285. The maximum absolute atomic E-state index is 12.3. The fraction of sp³-hybridized carbons (Fsp3) is 0.867. The molecular formula is C15H24N2O3. The quantitative estimate of drug-likeness (QED) is 0.808. The molecule has 3 fully saturated rings. The summed E-state index contributed by atoms with van der Waals surface area (Å²) in [7, 11) is 0. The van der Waals surface area contributed by atoms with Crippen molar-refractivity contribution in [3.63, 3.8) is 0 Å². The summed E-state index contributed by atoms with van der Waals surface area (Å²) in [6.45, 7) is 3.58. The van der Waals surface area contributed by atoms with Gasteiger partial charge in [-0.1, -0.05) is 0 Å². The van der Waals surface area contributed by atoms with Crippen molar-refractivity contribution in [3.05, 3.63) is 0 Å². The standard InChI is InChI=1S/C15H24N2O3/c1-9(14(18)17-6-2-3-7-17)16-13-11-5-4-10(8-11)12(13)15(19)20/h9-13,16H,2-8H2,1H3,(H,19,20). The minimum Gasteiger partial charge on any atom is -0.481 e. The number of carboxylic acids is 1. The normalized spacial score (nSPS) is 37.4. The fourth-order valence-electron chi connectivity index (χ4n) is 4.46. The topological polar surface area (TPSA) is 69.6 Å². The Hall–Kier alpha value is -1.10. The minimum atomic E-state index is -0.699. The van der Waals surface area contributed by atoms with Gasteiger partial charge in [-0.15, -0.1) is 0 Å². The lowest BCUT2D eigenvalue weighted by atomic mass is 9.84. The van der Waals surface area contributed by atoms with Crippen LogP contribution in [0.15, 0.2) is 0 Å². The van der Waals surface area contributed by atoms with Gasteiger partial charge in [0.05, 0.1) is 12.0 Å². The Balaban J connectivity index is 1.64. The highest BCUT2D eigenvalue weighted by molar-refractivity contribution is 5.82. The van der Waals surface area contributed by atoms with E-state index in [2.05, 4.69) is 5.32 Å². The number of nitrogens with one attached hydrogen (secondary N) is 1. The van der Waals surface area contributed by atoms with Crippen LogP contribution >= 0.6 is 0 Å². The molecule has 20 heavy (non-hydrogen) atoms. The van der Waals surface area contributed by atoms with Crippen LogP contribution < -0.4 is 5.32 Å². The third kappa shape index (κ3) is 2.32. The number of carboxylic acid groups (broad SMARTS) is 1. The third-order valence-electron chi connectivity index (χ3n) is 5.43. The van der Waals surface area contributed by atoms with Crippen LogP contribution in [0.3, 0.4) is 0 Å². The van der Waals surface area contributed by atoms with Gasteiger partial charge in [-0.25, -0.2) is 0 Å². The Morgan fingerprint density at radius 1 is 1.20 bits per heavy atom. The van der Waals surface area contributed by atoms with Crippen LogP contribution in [0.2, 0.25) is 0 Å². The predicted molar refractivity (Wildman–Crippen MR) is 74.2 cm³/mol. The second-order valence-corrected chi connectivity index (χ2v) is 6.64. The van der Waals surface area contributed by atoms with Crippen molar-refractivity contribution in [1.29, 1.82) is 0 Å². The molecule has 0 aromatic heterocycles. The van der Waals surface area contributed by atoms with E-state index in [0.29, 0.717) is 11.8 Å². The molecule has 0 radical (unpaired) electrons. The second kappa shape index (κ2) is 5.35. The highest BCUT2D eigenvalue weighted by Crippen LogP contribution is 2.48. The number of nitrogens with zero attached hydrogens (tertiary/aromatic N) is 1. The molecule has 3 rings (SSSR count). The molecule has 1 saturated heterocycles. The van der Waals surface area contributed by atoms with Crippen LogP contribution in [0.5, 0.6) is 0 Å². The summed E-state index contributed by atoms with van der Waals surface area (Å²) in [4.78, 5) is 25.7. The molecule has 0 aromatic rings. The minimum absolute atomic E-state index is 0.0206. The number of likely N-dealkylation sites (tertiary alicyclic amines) is 1. The third-order valence-corrected chi connectivity index (χ3v) is 5.43. The summed E-state index contributed by atoms with van der Waals surface area (Å²) >= 11 is 0. The number of fused-ring (bicyclic) bond motifs is 2. The van der Waals surface area contributed by atoms with Gasteiger partial charge in [-0.2, -0.15) is 0 Å². The maximum Gasteiger partial charge on any atom is 0.308 e. The number of hydrogen-bond acceptors (Lipinski definition) is 3. The van der Waals surface area contributed by atoms with Gasteiger partial charge in [0.1, 0.15) is 0 Å². The van der Waals surface area contributed by atoms with Crippen LogP contribution in [0.1, 0.15) is 39.0 Å². The van der Waals surface area contributed by atoms with Crippen LogP contribution in [0.4, 0.5) is 0 Å². The van der Waals surface area contributed by atoms with E-state index in [9.17, 15) is 14.7 Å². The summed E-state index contributed by atoms with van der Waals surface area (Å²) in [6.07, 6.45) is 5.33. The molecular weight excluding hydrogens is 256 g/mol. The fourth-order valence-corrected chi connectivity index (χ4v) is 4.46. The molecule has 5 unspecified atom stereocenters. The van der Waals surface area contributed by atoms with Gasteiger partial charge in [0.2, 0.25) is 5.91 Å². The molecule has 3 aliphatic rings. The predicted octanol–water partition coefficient (Wildman–Crippen LogP) is 1.09. The number of carbonyl (C=O) groups is 2. The van der Waals surface area contributed by atoms with Crippen LogP contribution in [0, 0.1) is 17.8 Å². The highest BCUT2D eigenvalue weighted by Gasteiger charge is 2.51. The van der Waals surface area contributed by atoms with E-state index in [0.717, 1.165) is 45.2 Å². The van der Waals surface area contributed by atoms with E-state index in [-0.39, 0.29) is 23.9 Å². The smallest absolute Gasteiger partial charge is 0.308 e. The molecule has 5 heteroatoms. The Morgan fingerprint density at radius 2 is 1.85 bits per heavy atom. The molecule has 1 amide bonds. The molecule has 1 aliphatic heterocycles. The molecule has 0 aromatic carbocycles. The summed E-state index contributed by atoms with van der Waals surface area (Å²) in [5.41, 5.74) is 0. The monoisotopic (exact) mass is 280 g/mol. The molecule has 2 bridgehead atoms. The zero-order valence-corrected chi connectivity index (χ0v) is 12.0. The molecule has 2 saturated carbocycles. The molecule has 0 spiro atoms. The van der Waals surface area contributed by atoms with E-state index < -0.39 is 5.97 Å². The summed E-state index contributed by atoms with van der Waals surface area (Å²) in [5.74, 6) is -0.119. The number of amides is 1. The van der Waals surface area contributed by atoms with Gasteiger partial charge in [0, 0.05) is 19.1 Å². The van der Waals surface area contributed by atoms with E-state index in [1.165, 1.54) is 0 Å². The Labute approximate surface area is 119 Å². The van der Waals surface area contributed by atoms with Gasteiger partial charge < -0.3 is 15.3 Å². The zero-order valence-electron chi connectivity index (χ0n) is 12.0. The van der Waals surface area contributed by atoms with E-state index in [1.54, 1.807) is 0 Å². The van der Waals surface area contributed by atoms with Gasteiger partial charge in [-0.3, -0.25) is 9.59 Å². The van der Waals surface area contributed by atoms with E-state index in [4.69, 9.17) is 0 Å². The van der Waals surface area contributed by atoms with Crippen LogP contribution in [0.25, 0.3) is 0 Å². The van der Waals surface area contributed by atoms with Crippen molar-refractivity contribution in [3.8, 4) is 0 Å². The summed E-state index contributed by atoms with van der Waals surface area (Å²) < 4.78 is 0. The molecule has 112 valence electrons. The zero-order chi connectivity index (χ0) is 14.3. The number of aliphatic carboxylic acids is 1. The average Bonchev–Trinajstić information content (AvgIpc) is 3.13. The van der Waals surface area contributed by atoms with Crippen molar-refractivity contribution >= 4 is 11.9 Å². The Bertz CT molecular complexity index is 406. The first-order valence-corrected chi connectivity index (χ1v) is 7.85. The number of carbonyl (C=O) groups excluding carboxylic acids is 1. The molecule has 1 heterocycles. The van der Waals surface area contributed by atoms with Gasteiger partial charge in [0.15, 0.2) is 0 Å². The first-order chi connectivity index (χ1) is 9.58.